The molecule has 0 radical (unpaired) electrons. The first-order valence-electron chi connectivity index (χ1n) is 9.92. The number of anilines is 2. The highest BCUT2D eigenvalue weighted by atomic mass is 32.2. The molecule has 0 saturated heterocycles. The van der Waals surface area contributed by atoms with Gasteiger partial charge in [0.2, 0.25) is 11.0 Å². The molecule has 6 nitrogen and oxygen atoms in total. The largest absolute Gasteiger partial charge is 0.495 e. The third-order valence-electron chi connectivity index (χ3n) is 5.09. The van der Waals surface area contributed by atoms with Gasteiger partial charge in [-0.3, -0.25) is 4.79 Å². The lowest BCUT2D eigenvalue weighted by molar-refractivity contribution is -0.121. The van der Waals surface area contributed by atoms with Crippen LogP contribution in [0, 0.1) is 0 Å². The van der Waals surface area contributed by atoms with Crippen LogP contribution in [0.25, 0.3) is 0 Å². The Hall–Kier alpha value is -2.58. The van der Waals surface area contributed by atoms with Crippen molar-refractivity contribution in [2.45, 2.75) is 41.8 Å². The number of benzene rings is 2. The highest BCUT2D eigenvalue weighted by Gasteiger charge is 2.24. The van der Waals surface area contributed by atoms with Crippen LogP contribution in [0.5, 0.6) is 5.75 Å². The number of carbonyl (C=O) groups excluding carboxylic acids is 1. The standard InChI is InChI=1S/C22H24N4O2S2/c1-14(20(27)23-17-12-7-9-15-8-3-4-10-16(15)17)29-22-26-25-21(30-22)24-18-11-5-6-13-19(18)28-2/h3-6,8,10-11,13-14,17H,7,9,12H2,1-2H3,(H,23,27)(H,24,25). The Labute approximate surface area is 184 Å². The van der Waals surface area contributed by atoms with Crippen molar-refractivity contribution in [3.8, 4) is 5.75 Å². The maximum Gasteiger partial charge on any atom is 0.233 e. The van der Waals surface area contributed by atoms with E-state index < -0.39 is 0 Å². The number of hydrogen-bond donors (Lipinski definition) is 2. The maximum atomic E-state index is 12.8. The predicted octanol–water partition coefficient (Wildman–Crippen LogP) is 4.96. The second kappa shape index (κ2) is 9.49. The van der Waals surface area contributed by atoms with Crippen LogP contribution < -0.4 is 15.4 Å². The van der Waals surface area contributed by atoms with E-state index in [-0.39, 0.29) is 17.2 Å². The third kappa shape index (κ3) is 4.76. The van der Waals surface area contributed by atoms with E-state index in [2.05, 4.69) is 39.0 Å². The van der Waals surface area contributed by atoms with Gasteiger partial charge in [-0.1, -0.05) is 59.5 Å². The Morgan fingerprint density at radius 2 is 2.00 bits per heavy atom. The van der Waals surface area contributed by atoms with E-state index in [0.29, 0.717) is 5.13 Å². The van der Waals surface area contributed by atoms with E-state index >= 15 is 0 Å². The van der Waals surface area contributed by atoms with Crippen LogP contribution in [0.15, 0.2) is 52.9 Å². The Bertz CT molecular complexity index is 1020. The summed E-state index contributed by atoms with van der Waals surface area (Å²) in [6.45, 7) is 1.91. The molecular formula is C22H24N4O2S2. The highest BCUT2D eigenvalue weighted by Crippen LogP contribution is 2.34. The van der Waals surface area contributed by atoms with Crippen molar-refractivity contribution in [2.75, 3.05) is 12.4 Å². The summed E-state index contributed by atoms with van der Waals surface area (Å²) in [6.07, 6.45) is 3.16. The lowest BCUT2D eigenvalue weighted by Gasteiger charge is -2.27. The molecule has 3 aromatic rings. The number of nitrogens with zero attached hydrogens (tertiary/aromatic N) is 2. The molecule has 8 heteroatoms. The smallest absolute Gasteiger partial charge is 0.233 e. The number of ether oxygens (including phenoxy) is 1. The van der Waals surface area contributed by atoms with E-state index in [0.717, 1.165) is 35.0 Å². The molecule has 30 heavy (non-hydrogen) atoms. The number of amides is 1. The first-order valence-corrected chi connectivity index (χ1v) is 11.6. The van der Waals surface area contributed by atoms with E-state index in [4.69, 9.17) is 4.74 Å². The number of thioether (sulfide) groups is 1. The monoisotopic (exact) mass is 440 g/mol. The van der Waals surface area contributed by atoms with Gasteiger partial charge in [0.1, 0.15) is 5.75 Å². The van der Waals surface area contributed by atoms with Crippen LogP contribution in [0.4, 0.5) is 10.8 Å². The van der Waals surface area contributed by atoms with Crippen LogP contribution in [0.2, 0.25) is 0 Å². The molecule has 0 spiro atoms. The van der Waals surface area contributed by atoms with Gasteiger partial charge in [-0.2, -0.15) is 0 Å². The number of aryl methyl sites for hydroxylation is 1. The van der Waals surface area contributed by atoms with Crippen molar-refractivity contribution < 1.29 is 9.53 Å². The average molecular weight is 441 g/mol. The highest BCUT2D eigenvalue weighted by molar-refractivity contribution is 8.02. The summed E-state index contributed by atoms with van der Waals surface area (Å²) < 4.78 is 6.10. The van der Waals surface area contributed by atoms with Gasteiger partial charge < -0.3 is 15.4 Å². The van der Waals surface area contributed by atoms with Crippen LogP contribution in [-0.2, 0) is 11.2 Å². The second-order valence-electron chi connectivity index (χ2n) is 7.11. The molecule has 2 atom stereocenters. The lowest BCUT2D eigenvalue weighted by atomic mass is 9.88. The molecule has 1 amide bonds. The zero-order valence-electron chi connectivity index (χ0n) is 16.9. The molecule has 156 valence electrons. The normalized spacial score (nSPS) is 16.4. The van der Waals surface area contributed by atoms with Gasteiger partial charge in [0.05, 0.1) is 24.1 Å². The zero-order chi connectivity index (χ0) is 20.9. The minimum Gasteiger partial charge on any atom is -0.495 e. The summed E-state index contributed by atoms with van der Waals surface area (Å²) in [4.78, 5) is 12.8. The molecule has 0 saturated carbocycles. The molecule has 1 aliphatic rings. The Morgan fingerprint density at radius 3 is 2.87 bits per heavy atom. The van der Waals surface area contributed by atoms with E-state index in [1.165, 1.54) is 34.2 Å². The molecule has 4 rings (SSSR count). The minimum atomic E-state index is -0.258. The van der Waals surface area contributed by atoms with Crippen molar-refractivity contribution in [2.24, 2.45) is 0 Å². The van der Waals surface area contributed by atoms with Gasteiger partial charge in [-0.05, 0) is 49.4 Å². The molecule has 2 unspecified atom stereocenters. The summed E-state index contributed by atoms with van der Waals surface area (Å²) in [5.41, 5.74) is 3.41. The summed E-state index contributed by atoms with van der Waals surface area (Å²) >= 11 is 2.85. The van der Waals surface area contributed by atoms with Gasteiger partial charge in [-0.15, -0.1) is 10.2 Å². The van der Waals surface area contributed by atoms with Crippen LogP contribution in [0.1, 0.15) is 36.9 Å². The molecular weight excluding hydrogens is 416 g/mol. The summed E-state index contributed by atoms with van der Waals surface area (Å²) in [6, 6.07) is 16.1. The van der Waals surface area contributed by atoms with E-state index in [1.54, 1.807) is 7.11 Å². The Balaban J connectivity index is 1.36. The summed E-state index contributed by atoms with van der Waals surface area (Å²) in [7, 11) is 1.63. The average Bonchev–Trinajstić information content (AvgIpc) is 3.21. The number of aromatic nitrogens is 2. The van der Waals surface area contributed by atoms with Crippen LogP contribution >= 0.6 is 23.1 Å². The molecule has 0 bridgehead atoms. The molecule has 2 aromatic carbocycles. The molecule has 0 fully saturated rings. The van der Waals surface area contributed by atoms with Crippen LogP contribution in [0.3, 0.4) is 0 Å². The Kier molecular flexibility index (Phi) is 6.54. The second-order valence-corrected chi connectivity index (χ2v) is 9.68. The predicted molar refractivity (Wildman–Crippen MR) is 122 cm³/mol. The van der Waals surface area contributed by atoms with Gasteiger partial charge in [-0.25, -0.2) is 0 Å². The fourth-order valence-corrected chi connectivity index (χ4v) is 5.49. The van der Waals surface area contributed by atoms with Crippen molar-refractivity contribution in [3.05, 3.63) is 59.7 Å². The number of carbonyl (C=O) groups is 1. The molecule has 1 aliphatic carbocycles. The first kappa shape index (κ1) is 20.7. The van der Waals surface area contributed by atoms with E-state index in [9.17, 15) is 4.79 Å². The van der Waals surface area contributed by atoms with Gasteiger partial charge in [0.15, 0.2) is 4.34 Å². The van der Waals surface area contributed by atoms with Gasteiger partial charge in [0.25, 0.3) is 0 Å². The molecule has 1 aromatic heterocycles. The quantitative estimate of drug-likeness (QED) is 0.506. The number of hydrogen-bond acceptors (Lipinski definition) is 7. The van der Waals surface area contributed by atoms with Crippen molar-refractivity contribution in [1.82, 2.24) is 15.5 Å². The fraction of sp³-hybridized carbons (Fsp3) is 0.318. The fourth-order valence-electron chi connectivity index (χ4n) is 3.57. The third-order valence-corrected chi connectivity index (χ3v) is 7.11. The summed E-state index contributed by atoms with van der Waals surface area (Å²) in [5.74, 6) is 0.763. The zero-order valence-corrected chi connectivity index (χ0v) is 18.6. The van der Waals surface area contributed by atoms with Gasteiger partial charge in [0, 0.05) is 0 Å². The maximum absolute atomic E-state index is 12.8. The van der Waals surface area contributed by atoms with Gasteiger partial charge >= 0.3 is 0 Å². The lowest BCUT2D eigenvalue weighted by Crippen LogP contribution is -2.35. The number of para-hydroxylation sites is 2. The number of nitrogens with one attached hydrogen (secondary N) is 2. The molecule has 2 N–H and O–H groups in total. The molecule has 0 aliphatic heterocycles. The Morgan fingerprint density at radius 1 is 1.20 bits per heavy atom. The van der Waals surface area contributed by atoms with Crippen LogP contribution in [-0.4, -0.2) is 28.5 Å². The summed E-state index contributed by atoms with van der Waals surface area (Å²) in [5, 5.41) is 15.3. The number of rotatable bonds is 7. The number of methoxy groups -OCH3 is 1. The molecule has 1 heterocycles. The van der Waals surface area contributed by atoms with E-state index in [1.807, 2.05) is 37.3 Å². The SMILES string of the molecule is COc1ccccc1Nc1nnc(SC(C)C(=O)NC2CCCc3ccccc32)s1. The van der Waals surface area contributed by atoms with Crippen molar-refractivity contribution in [1.29, 1.82) is 0 Å². The topological polar surface area (TPSA) is 76.1 Å². The number of fused-ring (bicyclic) bond motifs is 1. The van der Waals surface area contributed by atoms with Crippen molar-refractivity contribution in [3.63, 3.8) is 0 Å². The minimum absolute atomic E-state index is 0.0242. The van der Waals surface area contributed by atoms with Crippen molar-refractivity contribution >= 4 is 39.8 Å². The first-order chi connectivity index (χ1) is 14.6.